The van der Waals surface area contributed by atoms with Gasteiger partial charge in [-0.3, -0.25) is 10.1 Å². The molecule has 2 aromatic carbocycles. The van der Waals surface area contributed by atoms with Gasteiger partial charge in [-0.15, -0.1) is 11.3 Å². The molecule has 1 amide bonds. The number of benzene rings is 2. The molecule has 0 aliphatic rings. The van der Waals surface area contributed by atoms with Crippen LogP contribution < -0.4 is 5.32 Å². The SMILES string of the molecule is Cc1nc(NC(=O)c2ccccc2Br)sc1Cc1ccc(F)cc1. The third-order valence-electron chi connectivity index (χ3n) is 3.51. The van der Waals surface area contributed by atoms with Crippen LogP contribution in [0, 0.1) is 12.7 Å². The lowest BCUT2D eigenvalue weighted by Gasteiger charge is -2.03. The van der Waals surface area contributed by atoms with Gasteiger partial charge in [-0.1, -0.05) is 24.3 Å². The normalized spacial score (nSPS) is 10.6. The van der Waals surface area contributed by atoms with Gasteiger partial charge in [0.2, 0.25) is 0 Å². The topological polar surface area (TPSA) is 42.0 Å². The molecule has 0 radical (unpaired) electrons. The summed E-state index contributed by atoms with van der Waals surface area (Å²) in [7, 11) is 0. The van der Waals surface area contributed by atoms with Crippen molar-refractivity contribution in [2.75, 3.05) is 5.32 Å². The Balaban J connectivity index is 1.75. The summed E-state index contributed by atoms with van der Waals surface area (Å²) in [4.78, 5) is 17.8. The van der Waals surface area contributed by atoms with Gasteiger partial charge in [0.1, 0.15) is 5.82 Å². The molecular formula is C18H14BrFN2OS. The van der Waals surface area contributed by atoms with Crippen LogP contribution in [0.1, 0.15) is 26.5 Å². The number of hydrogen-bond acceptors (Lipinski definition) is 3. The highest BCUT2D eigenvalue weighted by atomic mass is 79.9. The Morgan fingerprint density at radius 2 is 1.92 bits per heavy atom. The van der Waals surface area contributed by atoms with Crippen LogP contribution in [0.5, 0.6) is 0 Å². The van der Waals surface area contributed by atoms with Crippen molar-refractivity contribution in [3.05, 3.63) is 80.5 Å². The maximum absolute atomic E-state index is 13.0. The summed E-state index contributed by atoms with van der Waals surface area (Å²) < 4.78 is 13.7. The molecule has 24 heavy (non-hydrogen) atoms. The molecule has 3 aromatic rings. The third kappa shape index (κ3) is 3.88. The van der Waals surface area contributed by atoms with Gasteiger partial charge >= 0.3 is 0 Å². The molecular weight excluding hydrogens is 391 g/mol. The maximum Gasteiger partial charge on any atom is 0.258 e. The van der Waals surface area contributed by atoms with E-state index >= 15 is 0 Å². The number of hydrogen-bond donors (Lipinski definition) is 1. The molecule has 0 saturated carbocycles. The van der Waals surface area contributed by atoms with E-state index in [2.05, 4.69) is 26.2 Å². The number of aryl methyl sites for hydroxylation is 1. The minimum absolute atomic E-state index is 0.204. The Hall–Kier alpha value is -2.05. The summed E-state index contributed by atoms with van der Waals surface area (Å²) in [6.07, 6.45) is 0.661. The van der Waals surface area contributed by atoms with Crippen molar-refractivity contribution in [3.8, 4) is 0 Å². The van der Waals surface area contributed by atoms with E-state index in [0.29, 0.717) is 17.1 Å². The van der Waals surface area contributed by atoms with Crippen LogP contribution in [0.3, 0.4) is 0 Å². The molecule has 6 heteroatoms. The summed E-state index contributed by atoms with van der Waals surface area (Å²) in [6, 6.07) is 13.6. The second kappa shape index (κ2) is 7.23. The number of anilines is 1. The Labute approximate surface area is 151 Å². The Bertz CT molecular complexity index is 877. The predicted octanol–water partition coefficient (Wildman–Crippen LogP) is 5.20. The zero-order valence-corrected chi connectivity index (χ0v) is 15.2. The van der Waals surface area contributed by atoms with E-state index in [1.54, 1.807) is 18.2 Å². The first-order valence-electron chi connectivity index (χ1n) is 7.29. The van der Waals surface area contributed by atoms with E-state index in [1.807, 2.05) is 25.1 Å². The van der Waals surface area contributed by atoms with Crippen molar-refractivity contribution in [1.29, 1.82) is 0 Å². The molecule has 3 rings (SSSR count). The maximum atomic E-state index is 13.0. The van der Waals surface area contributed by atoms with Gasteiger partial charge < -0.3 is 0 Å². The number of aromatic nitrogens is 1. The number of rotatable bonds is 4. The van der Waals surface area contributed by atoms with Crippen LogP contribution >= 0.6 is 27.3 Å². The van der Waals surface area contributed by atoms with Crippen molar-refractivity contribution in [2.24, 2.45) is 0 Å². The van der Waals surface area contributed by atoms with E-state index in [0.717, 1.165) is 20.6 Å². The number of amides is 1. The minimum atomic E-state index is -0.249. The first-order chi connectivity index (χ1) is 11.5. The molecule has 1 N–H and O–H groups in total. The number of carbonyl (C=O) groups excluding carboxylic acids is 1. The second-order valence-corrected chi connectivity index (χ2v) is 7.20. The zero-order chi connectivity index (χ0) is 17.1. The summed E-state index contributed by atoms with van der Waals surface area (Å²) in [5.74, 6) is -0.453. The number of carbonyl (C=O) groups is 1. The molecule has 3 nitrogen and oxygen atoms in total. The van der Waals surface area contributed by atoms with Gasteiger partial charge in [0.05, 0.1) is 11.3 Å². The summed E-state index contributed by atoms with van der Waals surface area (Å²) in [6.45, 7) is 1.91. The van der Waals surface area contributed by atoms with E-state index in [1.165, 1.54) is 23.5 Å². The number of thiazole rings is 1. The molecule has 0 bridgehead atoms. The van der Waals surface area contributed by atoms with Crippen molar-refractivity contribution in [1.82, 2.24) is 4.98 Å². The van der Waals surface area contributed by atoms with Gasteiger partial charge in [0.25, 0.3) is 5.91 Å². The van der Waals surface area contributed by atoms with Crippen molar-refractivity contribution >= 4 is 38.3 Å². The highest BCUT2D eigenvalue weighted by molar-refractivity contribution is 9.10. The van der Waals surface area contributed by atoms with Gasteiger partial charge in [-0.25, -0.2) is 9.37 Å². The number of nitrogens with zero attached hydrogens (tertiary/aromatic N) is 1. The third-order valence-corrected chi connectivity index (χ3v) is 5.27. The standard InChI is InChI=1S/C18H14BrFN2OS/c1-11-16(10-12-6-8-13(20)9-7-12)24-18(21-11)22-17(23)14-4-2-3-5-15(14)19/h2-9H,10H2,1H3,(H,21,22,23). The molecule has 0 fully saturated rings. The van der Waals surface area contributed by atoms with Crippen molar-refractivity contribution < 1.29 is 9.18 Å². The summed E-state index contributed by atoms with van der Waals surface area (Å²) in [5, 5.41) is 3.39. The van der Waals surface area contributed by atoms with Crippen molar-refractivity contribution in [2.45, 2.75) is 13.3 Å². The first-order valence-corrected chi connectivity index (χ1v) is 8.90. The average Bonchev–Trinajstić information content (AvgIpc) is 2.89. The fraction of sp³-hybridized carbons (Fsp3) is 0.111. The first kappa shape index (κ1) is 16.8. The van der Waals surface area contributed by atoms with E-state index in [9.17, 15) is 9.18 Å². The molecule has 0 aliphatic carbocycles. The fourth-order valence-electron chi connectivity index (χ4n) is 2.24. The lowest BCUT2D eigenvalue weighted by molar-refractivity contribution is 0.102. The van der Waals surface area contributed by atoms with Gasteiger partial charge in [-0.2, -0.15) is 0 Å². The molecule has 0 unspecified atom stereocenters. The highest BCUT2D eigenvalue weighted by Crippen LogP contribution is 2.26. The second-order valence-electron chi connectivity index (χ2n) is 5.26. The smallest absolute Gasteiger partial charge is 0.258 e. The van der Waals surface area contributed by atoms with Crippen LogP contribution in [0.25, 0.3) is 0 Å². The Morgan fingerprint density at radius 1 is 1.21 bits per heavy atom. The predicted molar refractivity (Wildman–Crippen MR) is 98.2 cm³/mol. The van der Waals surface area contributed by atoms with Crippen molar-refractivity contribution in [3.63, 3.8) is 0 Å². The van der Waals surface area contributed by atoms with Gasteiger partial charge in [-0.05, 0) is 52.7 Å². The van der Waals surface area contributed by atoms with Gasteiger partial charge in [0.15, 0.2) is 5.13 Å². The quantitative estimate of drug-likeness (QED) is 0.649. The van der Waals surface area contributed by atoms with Crippen LogP contribution in [-0.2, 0) is 6.42 Å². The molecule has 0 saturated heterocycles. The van der Waals surface area contributed by atoms with E-state index in [-0.39, 0.29) is 11.7 Å². The largest absolute Gasteiger partial charge is 0.298 e. The lowest BCUT2D eigenvalue weighted by atomic mass is 10.1. The molecule has 1 heterocycles. The van der Waals surface area contributed by atoms with E-state index in [4.69, 9.17) is 0 Å². The molecule has 0 spiro atoms. The van der Waals surface area contributed by atoms with Gasteiger partial charge in [0, 0.05) is 15.8 Å². The van der Waals surface area contributed by atoms with Crippen LogP contribution in [0.15, 0.2) is 53.0 Å². The molecule has 1 aromatic heterocycles. The number of halogens is 2. The molecule has 0 aliphatic heterocycles. The highest BCUT2D eigenvalue weighted by Gasteiger charge is 2.14. The lowest BCUT2D eigenvalue weighted by Crippen LogP contribution is -2.12. The van der Waals surface area contributed by atoms with Crippen LogP contribution in [0.4, 0.5) is 9.52 Å². The van der Waals surface area contributed by atoms with Crippen LogP contribution in [-0.4, -0.2) is 10.9 Å². The Kier molecular flexibility index (Phi) is 5.06. The van der Waals surface area contributed by atoms with Crippen LogP contribution in [0.2, 0.25) is 0 Å². The minimum Gasteiger partial charge on any atom is -0.298 e. The Morgan fingerprint density at radius 3 is 2.62 bits per heavy atom. The summed E-state index contributed by atoms with van der Waals surface area (Å²) in [5.41, 5.74) is 2.43. The number of nitrogens with one attached hydrogen (secondary N) is 1. The monoisotopic (exact) mass is 404 g/mol. The molecule has 122 valence electrons. The zero-order valence-electron chi connectivity index (χ0n) is 12.8. The average molecular weight is 405 g/mol. The summed E-state index contributed by atoms with van der Waals surface area (Å²) >= 11 is 4.81. The van der Waals surface area contributed by atoms with E-state index < -0.39 is 0 Å². The fourth-order valence-corrected chi connectivity index (χ4v) is 3.70. The molecule has 0 atom stereocenters.